The van der Waals surface area contributed by atoms with Gasteiger partial charge >= 0.3 is 0 Å². The normalized spacial score (nSPS) is 12.8. The summed E-state index contributed by atoms with van der Waals surface area (Å²) >= 11 is 1.69. The average Bonchev–Trinajstić information content (AvgIpc) is 2.15. The van der Waals surface area contributed by atoms with Gasteiger partial charge in [-0.25, -0.2) is 4.98 Å². The maximum Gasteiger partial charge on any atom is 0.129 e. The van der Waals surface area contributed by atoms with E-state index in [-0.39, 0.29) is 0 Å². The number of hydrogen-bond donors (Lipinski definition) is 2. The molecule has 0 amide bonds. The Kier molecular flexibility index (Phi) is 4.05. The molecule has 0 fully saturated rings. The molecule has 0 saturated heterocycles. The van der Waals surface area contributed by atoms with Crippen LogP contribution in [0.2, 0.25) is 0 Å². The lowest BCUT2D eigenvalue weighted by atomic mass is 10.2. The van der Waals surface area contributed by atoms with Gasteiger partial charge in [-0.15, -0.1) is 0 Å². The van der Waals surface area contributed by atoms with E-state index in [1.807, 2.05) is 6.07 Å². The third kappa shape index (κ3) is 2.90. The number of aromatic nitrogens is 1. The zero-order chi connectivity index (χ0) is 9.68. The molecule has 0 spiro atoms. The van der Waals surface area contributed by atoms with Crippen LogP contribution < -0.4 is 5.73 Å². The molecule has 0 aliphatic heterocycles. The van der Waals surface area contributed by atoms with Crippen molar-refractivity contribution in [2.24, 2.45) is 0 Å². The van der Waals surface area contributed by atoms with Crippen LogP contribution in [0.15, 0.2) is 18.3 Å². The molecular formula is C9H14N2OS. The van der Waals surface area contributed by atoms with E-state index in [0.29, 0.717) is 11.6 Å². The van der Waals surface area contributed by atoms with Gasteiger partial charge in [-0.2, -0.15) is 11.8 Å². The van der Waals surface area contributed by atoms with Crippen molar-refractivity contribution in [3.63, 3.8) is 0 Å². The number of aliphatic hydroxyl groups excluding tert-OH is 1. The van der Waals surface area contributed by atoms with Gasteiger partial charge in [0.15, 0.2) is 0 Å². The minimum Gasteiger partial charge on any atom is -0.387 e. The first kappa shape index (κ1) is 10.3. The number of nitrogens with zero attached hydrogens (tertiary/aromatic N) is 1. The molecule has 1 rings (SSSR count). The molecule has 1 unspecified atom stereocenters. The van der Waals surface area contributed by atoms with E-state index in [1.54, 1.807) is 24.0 Å². The van der Waals surface area contributed by atoms with E-state index in [9.17, 15) is 5.11 Å². The third-order valence-corrected chi connectivity index (χ3v) is 2.67. The van der Waals surface area contributed by atoms with Gasteiger partial charge in [0.25, 0.3) is 0 Å². The molecule has 72 valence electrons. The summed E-state index contributed by atoms with van der Waals surface area (Å²) in [6, 6.07) is 3.59. The summed E-state index contributed by atoms with van der Waals surface area (Å²) in [5, 5.41) is 9.69. The zero-order valence-electron chi connectivity index (χ0n) is 7.60. The highest BCUT2D eigenvalue weighted by Crippen LogP contribution is 2.21. The van der Waals surface area contributed by atoms with Crippen LogP contribution in [0, 0.1) is 0 Å². The van der Waals surface area contributed by atoms with Crippen molar-refractivity contribution >= 4 is 17.6 Å². The number of rotatable bonds is 4. The lowest BCUT2D eigenvalue weighted by Gasteiger charge is -2.11. The fourth-order valence-corrected chi connectivity index (χ4v) is 1.67. The van der Waals surface area contributed by atoms with Crippen LogP contribution in [-0.2, 0) is 0 Å². The van der Waals surface area contributed by atoms with Crippen molar-refractivity contribution in [1.29, 1.82) is 0 Å². The highest BCUT2D eigenvalue weighted by Gasteiger charge is 2.10. The molecule has 1 atom stereocenters. The second-order valence-electron chi connectivity index (χ2n) is 2.65. The summed E-state index contributed by atoms with van der Waals surface area (Å²) < 4.78 is 0. The first-order valence-electron chi connectivity index (χ1n) is 4.22. The lowest BCUT2D eigenvalue weighted by molar-refractivity contribution is 0.204. The molecule has 0 aliphatic carbocycles. The zero-order valence-corrected chi connectivity index (χ0v) is 8.42. The molecule has 4 heteroatoms. The van der Waals surface area contributed by atoms with Crippen molar-refractivity contribution < 1.29 is 5.11 Å². The van der Waals surface area contributed by atoms with E-state index in [0.717, 1.165) is 11.3 Å². The van der Waals surface area contributed by atoms with E-state index in [4.69, 9.17) is 5.73 Å². The number of hydrogen-bond acceptors (Lipinski definition) is 4. The SMILES string of the molecule is CCSCC(O)c1cccnc1N. The van der Waals surface area contributed by atoms with E-state index in [2.05, 4.69) is 11.9 Å². The molecule has 3 nitrogen and oxygen atoms in total. The lowest BCUT2D eigenvalue weighted by Crippen LogP contribution is -2.05. The largest absolute Gasteiger partial charge is 0.387 e. The summed E-state index contributed by atoms with van der Waals surface area (Å²) in [6.07, 6.45) is 1.12. The second kappa shape index (κ2) is 5.09. The van der Waals surface area contributed by atoms with Crippen LogP contribution in [0.1, 0.15) is 18.6 Å². The summed E-state index contributed by atoms with van der Waals surface area (Å²) in [4.78, 5) is 3.92. The number of nitrogen functional groups attached to an aromatic ring is 1. The first-order valence-corrected chi connectivity index (χ1v) is 5.37. The second-order valence-corrected chi connectivity index (χ2v) is 3.97. The van der Waals surface area contributed by atoms with E-state index >= 15 is 0 Å². The topological polar surface area (TPSA) is 59.1 Å². The van der Waals surface area contributed by atoms with Gasteiger partial charge < -0.3 is 10.8 Å². The smallest absolute Gasteiger partial charge is 0.129 e. The number of nitrogens with two attached hydrogens (primary N) is 1. The predicted molar refractivity (Wildman–Crippen MR) is 56.6 cm³/mol. The maximum absolute atomic E-state index is 9.69. The molecule has 0 aromatic carbocycles. The van der Waals surface area contributed by atoms with Crippen LogP contribution >= 0.6 is 11.8 Å². The monoisotopic (exact) mass is 198 g/mol. The van der Waals surface area contributed by atoms with E-state index in [1.165, 1.54) is 0 Å². The molecule has 0 bridgehead atoms. The fourth-order valence-electron chi connectivity index (χ4n) is 1.03. The summed E-state index contributed by atoms with van der Waals surface area (Å²) in [7, 11) is 0. The molecule has 0 saturated carbocycles. The van der Waals surface area contributed by atoms with Gasteiger partial charge in [-0.05, 0) is 11.8 Å². The van der Waals surface area contributed by atoms with Gasteiger partial charge in [0.05, 0.1) is 6.10 Å². The number of anilines is 1. The Balaban J connectivity index is 2.65. The van der Waals surface area contributed by atoms with Gasteiger partial charge in [-0.3, -0.25) is 0 Å². The molecule has 3 N–H and O–H groups in total. The average molecular weight is 198 g/mol. The van der Waals surface area contributed by atoms with Crippen LogP contribution in [0.4, 0.5) is 5.82 Å². The van der Waals surface area contributed by atoms with Crippen LogP contribution in [0.25, 0.3) is 0 Å². The van der Waals surface area contributed by atoms with Gasteiger partial charge in [0.1, 0.15) is 5.82 Å². The Morgan fingerprint density at radius 3 is 3.08 bits per heavy atom. The fraction of sp³-hybridized carbons (Fsp3) is 0.444. The molecular weight excluding hydrogens is 184 g/mol. The Hall–Kier alpha value is -0.740. The van der Waals surface area contributed by atoms with E-state index < -0.39 is 6.10 Å². The molecule has 0 aliphatic rings. The van der Waals surface area contributed by atoms with Crippen molar-refractivity contribution in [1.82, 2.24) is 4.98 Å². The van der Waals surface area contributed by atoms with Crippen molar-refractivity contribution in [2.45, 2.75) is 13.0 Å². The highest BCUT2D eigenvalue weighted by atomic mass is 32.2. The highest BCUT2D eigenvalue weighted by molar-refractivity contribution is 7.99. The quantitative estimate of drug-likeness (QED) is 0.768. The standard InChI is InChI=1S/C9H14N2OS/c1-2-13-6-8(12)7-4-3-5-11-9(7)10/h3-5,8,12H,2,6H2,1H3,(H2,10,11). The van der Waals surface area contributed by atoms with Gasteiger partial charge in [0, 0.05) is 17.5 Å². The summed E-state index contributed by atoms with van der Waals surface area (Å²) in [6.45, 7) is 2.06. The van der Waals surface area contributed by atoms with Crippen molar-refractivity contribution in [2.75, 3.05) is 17.2 Å². The summed E-state index contributed by atoms with van der Waals surface area (Å²) in [5.74, 6) is 2.09. The molecule has 1 aromatic rings. The number of aliphatic hydroxyl groups is 1. The molecule has 13 heavy (non-hydrogen) atoms. The molecule has 1 heterocycles. The molecule has 0 radical (unpaired) electrons. The van der Waals surface area contributed by atoms with Crippen LogP contribution in [0.5, 0.6) is 0 Å². The first-order chi connectivity index (χ1) is 6.25. The summed E-state index contributed by atoms with van der Waals surface area (Å²) in [5.41, 5.74) is 6.34. The van der Waals surface area contributed by atoms with Crippen LogP contribution in [0.3, 0.4) is 0 Å². The maximum atomic E-state index is 9.69. The number of pyridine rings is 1. The Bertz CT molecular complexity index is 268. The minimum atomic E-state index is -0.501. The number of thioether (sulfide) groups is 1. The minimum absolute atomic E-state index is 0.423. The predicted octanol–water partition coefficient (Wildman–Crippen LogP) is 1.45. The Morgan fingerprint density at radius 2 is 2.46 bits per heavy atom. The van der Waals surface area contributed by atoms with Gasteiger partial charge in [0.2, 0.25) is 0 Å². The Labute approximate surface area is 82.4 Å². The van der Waals surface area contributed by atoms with Crippen molar-refractivity contribution in [3.05, 3.63) is 23.9 Å². The van der Waals surface area contributed by atoms with Gasteiger partial charge in [-0.1, -0.05) is 13.0 Å². The van der Waals surface area contributed by atoms with Crippen LogP contribution in [-0.4, -0.2) is 21.6 Å². The van der Waals surface area contributed by atoms with Crippen molar-refractivity contribution in [3.8, 4) is 0 Å². The third-order valence-electron chi connectivity index (χ3n) is 1.71. The molecule has 1 aromatic heterocycles. The Morgan fingerprint density at radius 1 is 1.69 bits per heavy atom.